The highest BCUT2D eigenvalue weighted by atomic mass is 32.1. The average Bonchev–Trinajstić information content (AvgIpc) is 2.32. The van der Waals surface area contributed by atoms with Gasteiger partial charge in [-0.25, -0.2) is 0 Å². The summed E-state index contributed by atoms with van der Waals surface area (Å²) in [6.07, 6.45) is 0.769. The number of nitrogens with two attached hydrogens (primary N) is 1. The molecule has 1 aromatic heterocycles. The van der Waals surface area contributed by atoms with E-state index in [0.717, 1.165) is 12.2 Å². The van der Waals surface area contributed by atoms with E-state index >= 15 is 0 Å². The fourth-order valence-corrected chi connectivity index (χ4v) is 1.54. The number of aromatic amines is 1. The number of hydrogen-bond donors (Lipinski definition) is 2. The van der Waals surface area contributed by atoms with Crippen molar-refractivity contribution >= 4 is 12.2 Å². The molecule has 0 spiro atoms. The monoisotopic (exact) mass is 186 g/mol. The summed E-state index contributed by atoms with van der Waals surface area (Å²) in [6, 6.07) is 0.345. The molecule has 0 bridgehead atoms. The summed E-state index contributed by atoms with van der Waals surface area (Å²) in [4.78, 5) is 0. The van der Waals surface area contributed by atoms with Gasteiger partial charge in [-0.2, -0.15) is 5.10 Å². The summed E-state index contributed by atoms with van der Waals surface area (Å²) in [7, 11) is 0. The maximum Gasteiger partial charge on any atom is 0.195 e. The van der Waals surface area contributed by atoms with Gasteiger partial charge in [-0.3, -0.25) is 5.10 Å². The van der Waals surface area contributed by atoms with Crippen molar-refractivity contribution < 1.29 is 0 Å². The van der Waals surface area contributed by atoms with E-state index in [1.807, 2.05) is 4.57 Å². The van der Waals surface area contributed by atoms with Gasteiger partial charge in [0.15, 0.2) is 4.77 Å². The van der Waals surface area contributed by atoms with E-state index in [1.54, 1.807) is 0 Å². The molecule has 68 valence electrons. The molecule has 12 heavy (non-hydrogen) atoms. The van der Waals surface area contributed by atoms with Crippen LogP contribution >= 0.6 is 12.2 Å². The smallest absolute Gasteiger partial charge is 0.195 e. The average molecular weight is 186 g/mol. The summed E-state index contributed by atoms with van der Waals surface area (Å²) in [5, 5.41) is 6.86. The van der Waals surface area contributed by atoms with Gasteiger partial charge >= 0.3 is 0 Å². The number of aromatic nitrogens is 3. The predicted molar refractivity (Wildman–Crippen MR) is 50.6 cm³/mol. The Balaban J connectivity index is 3.04. The summed E-state index contributed by atoms with van der Waals surface area (Å²) < 4.78 is 2.66. The largest absolute Gasteiger partial charge is 0.330 e. The van der Waals surface area contributed by atoms with E-state index < -0.39 is 0 Å². The van der Waals surface area contributed by atoms with Crippen molar-refractivity contribution in [2.24, 2.45) is 5.73 Å². The molecule has 4 nitrogen and oxygen atoms in total. The number of nitrogens with zero attached hydrogens (tertiary/aromatic N) is 2. The van der Waals surface area contributed by atoms with Crippen LogP contribution in [0.3, 0.4) is 0 Å². The van der Waals surface area contributed by atoms with E-state index in [0.29, 0.717) is 17.4 Å². The summed E-state index contributed by atoms with van der Waals surface area (Å²) in [5.74, 6) is 0.942. The minimum Gasteiger partial charge on any atom is -0.330 e. The van der Waals surface area contributed by atoms with Gasteiger partial charge < -0.3 is 10.3 Å². The molecule has 0 saturated carbocycles. The van der Waals surface area contributed by atoms with E-state index in [4.69, 9.17) is 18.0 Å². The second kappa shape index (κ2) is 3.82. The zero-order valence-electron chi connectivity index (χ0n) is 7.37. The SMILES string of the molecule is CC(C)n1c(CCN)n[nH]c1=S. The molecule has 0 aliphatic rings. The van der Waals surface area contributed by atoms with Crippen molar-refractivity contribution in [3.8, 4) is 0 Å². The lowest BCUT2D eigenvalue weighted by molar-refractivity contribution is 0.561. The Labute approximate surface area is 76.8 Å². The van der Waals surface area contributed by atoms with Crippen LogP contribution in [0.25, 0.3) is 0 Å². The molecule has 0 atom stereocenters. The van der Waals surface area contributed by atoms with Gasteiger partial charge in [-0.05, 0) is 32.6 Å². The lowest BCUT2D eigenvalue weighted by Gasteiger charge is -2.08. The van der Waals surface area contributed by atoms with Crippen molar-refractivity contribution in [3.63, 3.8) is 0 Å². The minimum absolute atomic E-state index is 0.345. The number of hydrogen-bond acceptors (Lipinski definition) is 3. The first-order valence-corrected chi connectivity index (χ1v) is 4.43. The third-order valence-corrected chi connectivity index (χ3v) is 1.95. The van der Waals surface area contributed by atoms with Crippen LogP contribution in [0.1, 0.15) is 25.7 Å². The molecule has 0 aromatic carbocycles. The van der Waals surface area contributed by atoms with Gasteiger partial charge in [-0.15, -0.1) is 0 Å². The first kappa shape index (κ1) is 9.41. The molecule has 1 rings (SSSR count). The third kappa shape index (κ3) is 1.73. The number of nitrogens with one attached hydrogen (secondary N) is 1. The maximum absolute atomic E-state index is 5.44. The Morgan fingerprint density at radius 3 is 2.83 bits per heavy atom. The van der Waals surface area contributed by atoms with E-state index in [-0.39, 0.29) is 0 Å². The second-order valence-electron chi connectivity index (χ2n) is 2.95. The predicted octanol–water partition coefficient (Wildman–Crippen LogP) is 1.02. The van der Waals surface area contributed by atoms with Crippen LogP contribution in [0.4, 0.5) is 0 Å². The van der Waals surface area contributed by atoms with Crippen LogP contribution in [0.15, 0.2) is 0 Å². The molecule has 3 N–H and O–H groups in total. The van der Waals surface area contributed by atoms with E-state index in [1.165, 1.54) is 0 Å². The Bertz CT molecular complexity index is 299. The maximum atomic E-state index is 5.44. The molecular formula is C7H14N4S. The van der Waals surface area contributed by atoms with Gasteiger partial charge in [0.2, 0.25) is 0 Å². The summed E-state index contributed by atoms with van der Waals surface area (Å²) >= 11 is 5.07. The zero-order valence-corrected chi connectivity index (χ0v) is 8.19. The lowest BCUT2D eigenvalue weighted by atomic mass is 10.3. The van der Waals surface area contributed by atoms with Gasteiger partial charge in [0.1, 0.15) is 5.82 Å². The van der Waals surface area contributed by atoms with Crippen LogP contribution in [0.2, 0.25) is 0 Å². The molecule has 0 amide bonds. The Morgan fingerprint density at radius 2 is 2.33 bits per heavy atom. The highest BCUT2D eigenvalue weighted by Gasteiger charge is 2.07. The van der Waals surface area contributed by atoms with Crippen molar-refractivity contribution in [1.82, 2.24) is 14.8 Å². The molecule has 0 aliphatic carbocycles. The van der Waals surface area contributed by atoms with Crippen molar-refractivity contribution in [1.29, 1.82) is 0 Å². The topological polar surface area (TPSA) is 59.6 Å². The quantitative estimate of drug-likeness (QED) is 0.693. The van der Waals surface area contributed by atoms with Gasteiger partial charge in [0.25, 0.3) is 0 Å². The first-order valence-electron chi connectivity index (χ1n) is 4.02. The van der Waals surface area contributed by atoms with E-state index in [2.05, 4.69) is 24.0 Å². The molecule has 0 aliphatic heterocycles. The highest BCUT2D eigenvalue weighted by Crippen LogP contribution is 2.08. The number of H-pyrrole nitrogens is 1. The van der Waals surface area contributed by atoms with Gasteiger partial charge in [0.05, 0.1) is 0 Å². The molecule has 1 heterocycles. The fraction of sp³-hybridized carbons (Fsp3) is 0.714. The minimum atomic E-state index is 0.345. The normalized spacial score (nSPS) is 11.0. The molecule has 0 fully saturated rings. The Hall–Kier alpha value is -0.680. The van der Waals surface area contributed by atoms with Crippen molar-refractivity contribution in [3.05, 3.63) is 10.6 Å². The zero-order chi connectivity index (χ0) is 9.14. The van der Waals surface area contributed by atoms with Crippen LogP contribution in [0.5, 0.6) is 0 Å². The van der Waals surface area contributed by atoms with Gasteiger partial charge in [-0.1, -0.05) is 0 Å². The van der Waals surface area contributed by atoms with E-state index in [9.17, 15) is 0 Å². The summed E-state index contributed by atoms with van der Waals surface area (Å²) in [5.41, 5.74) is 5.44. The lowest BCUT2D eigenvalue weighted by Crippen LogP contribution is -2.11. The molecular weight excluding hydrogens is 172 g/mol. The standard InChI is InChI=1S/C7H14N4S/c1-5(2)11-6(3-4-8)9-10-7(11)12/h5H,3-4,8H2,1-2H3,(H,10,12). The summed E-state index contributed by atoms with van der Waals surface area (Å²) in [6.45, 7) is 4.75. The fourth-order valence-electron chi connectivity index (χ4n) is 1.18. The molecule has 0 saturated heterocycles. The van der Waals surface area contributed by atoms with Crippen LogP contribution < -0.4 is 5.73 Å². The first-order chi connectivity index (χ1) is 5.66. The van der Waals surface area contributed by atoms with Crippen LogP contribution in [-0.4, -0.2) is 21.3 Å². The van der Waals surface area contributed by atoms with Crippen molar-refractivity contribution in [2.45, 2.75) is 26.3 Å². The molecule has 0 radical (unpaired) electrons. The second-order valence-corrected chi connectivity index (χ2v) is 3.33. The van der Waals surface area contributed by atoms with Crippen molar-refractivity contribution in [2.75, 3.05) is 6.54 Å². The molecule has 0 unspecified atom stereocenters. The Kier molecular flexibility index (Phi) is 2.99. The number of rotatable bonds is 3. The highest BCUT2D eigenvalue weighted by molar-refractivity contribution is 7.71. The Morgan fingerprint density at radius 1 is 1.67 bits per heavy atom. The van der Waals surface area contributed by atoms with Crippen LogP contribution in [0, 0.1) is 4.77 Å². The third-order valence-electron chi connectivity index (χ3n) is 1.66. The van der Waals surface area contributed by atoms with Crippen LogP contribution in [-0.2, 0) is 6.42 Å². The van der Waals surface area contributed by atoms with Gasteiger partial charge in [0, 0.05) is 12.5 Å². The molecule has 5 heteroatoms. The molecule has 1 aromatic rings.